The summed E-state index contributed by atoms with van der Waals surface area (Å²) in [6, 6.07) is 0. The zero-order chi connectivity index (χ0) is 9.61. The molecule has 68 valence electrons. The van der Waals surface area contributed by atoms with Crippen molar-refractivity contribution in [1.82, 2.24) is 0 Å². The summed E-state index contributed by atoms with van der Waals surface area (Å²) in [6.45, 7) is 5.30. The van der Waals surface area contributed by atoms with E-state index in [0.29, 0.717) is 12.8 Å². The van der Waals surface area contributed by atoms with Crippen LogP contribution in [0.2, 0.25) is 0 Å². The maximum atomic E-state index is 11.3. The average Bonchev–Trinajstić information content (AvgIpc) is 2.12. The quantitative estimate of drug-likeness (QED) is 0.646. The van der Waals surface area contributed by atoms with Crippen molar-refractivity contribution in [3.8, 4) is 11.8 Å². The van der Waals surface area contributed by atoms with Crippen molar-refractivity contribution in [2.45, 2.75) is 45.6 Å². The fourth-order valence-corrected chi connectivity index (χ4v) is 0.978. The molecular formula is C10H16O2. The summed E-state index contributed by atoms with van der Waals surface area (Å²) in [5, 5.41) is 9.71. The van der Waals surface area contributed by atoms with Crippen LogP contribution in [0.1, 0.15) is 40.0 Å². The second kappa shape index (κ2) is 4.95. The third-order valence-electron chi connectivity index (χ3n) is 2.11. The Morgan fingerprint density at radius 2 is 1.92 bits per heavy atom. The Bertz CT molecular complexity index is 204. The van der Waals surface area contributed by atoms with E-state index >= 15 is 0 Å². The smallest absolute Gasteiger partial charge is 0.176 e. The first kappa shape index (κ1) is 11.2. The lowest BCUT2D eigenvalue weighted by molar-refractivity contribution is -0.136. The second-order valence-electron chi connectivity index (χ2n) is 2.77. The molecule has 0 amide bonds. The van der Waals surface area contributed by atoms with Crippen molar-refractivity contribution in [2.24, 2.45) is 0 Å². The van der Waals surface area contributed by atoms with Gasteiger partial charge in [0.05, 0.1) is 6.42 Å². The molecule has 0 aromatic heterocycles. The predicted molar refractivity (Wildman–Crippen MR) is 48.6 cm³/mol. The normalized spacial score (nSPS) is 10.3. The van der Waals surface area contributed by atoms with Crippen molar-refractivity contribution in [1.29, 1.82) is 0 Å². The van der Waals surface area contributed by atoms with Crippen LogP contribution >= 0.6 is 0 Å². The molecule has 0 atom stereocenters. The summed E-state index contributed by atoms with van der Waals surface area (Å²) in [5.41, 5.74) is -1.15. The molecule has 0 bridgehead atoms. The number of Topliss-reactive ketones (excluding diaryl/α,β-unsaturated/α-hetero) is 1. The summed E-state index contributed by atoms with van der Waals surface area (Å²) < 4.78 is 0. The molecule has 0 fully saturated rings. The lowest BCUT2D eigenvalue weighted by Gasteiger charge is -2.21. The number of ketones is 1. The van der Waals surface area contributed by atoms with Gasteiger partial charge >= 0.3 is 0 Å². The Labute approximate surface area is 74.0 Å². The second-order valence-corrected chi connectivity index (χ2v) is 2.77. The summed E-state index contributed by atoms with van der Waals surface area (Å²) >= 11 is 0. The highest BCUT2D eigenvalue weighted by molar-refractivity contribution is 5.88. The largest absolute Gasteiger partial charge is 0.382 e. The van der Waals surface area contributed by atoms with Gasteiger partial charge in [0.1, 0.15) is 5.60 Å². The van der Waals surface area contributed by atoms with E-state index in [9.17, 15) is 9.90 Å². The molecular weight excluding hydrogens is 152 g/mol. The van der Waals surface area contributed by atoms with Crippen molar-refractivity contribution in [3.05, 3.63) is 0 Å². The molecule has 0 spiro atoms. The van der Waals surface area contributed by atoms with E-state index < -0.39 is 5.60 Å². The minimum atomic E-state index is -1.15. The van der Waals surface area contributed by atoms with Gasteiger partial charge in [-0.3, -0.25) is 4.79 Å². The van der Waals surface area contributed by atoms with Gasteiger partial charge in [0.15, 0.2) is 5.78 Å². The first-order chi connectivity index (χ1) is 5.60. The van der Waals surface area contributed by atoms with Gasteiger partial charge in [-0.25, -0.2) is 0 Å². The molecule has 1 N–H and O–H groups in total. The highest BCUT2D eigenvalue weighted by Crippen LogP contribution is 2.17. The zero-order valence-corrected chi connectivity index (χ0v) is 7.98. The Morgan fingerprint density at radius 3 is 2.25 bits per heavy atom. The van der Waals surface area contributed by atoms with Gasteiger partial charge in [0.25, 0.3) is 0 Å². The van der Waals surface area contributed by atoms with E-state index in [-0.39, 0.29) is 12.2 Å². The van der Waals surface area contributed by atoms with Gasteiger partial charge in [-0.15, -0.1) is 5.92 Å². The number of hydrogen-bond donors (Lipinski definition) is 1. The van der Waals surface area contributed by atoms with Crippen LogP contribution in [0, 0.1) is 11.8 Å². The van der Waals surface area contributed by atoms with Crippen LogP contribution < -0.4 is 0 Å². The van der Waals surface area contributed by atoms with Crippen molar-refractivity contribution in [2.75, 3.05) is 0 Å². The summed E-state index contributed by atoms with van der Waals surface area (Å²) in [5.74, 6) is 5.13. The van der Waals surface area contributed by atoms with Crippen LogP contribution in [0.4, 0.5) is 0 Å². The van der Waals surface area contributed by atoms with Crippen LogP contribution in [0.3, 0.4) is 0 Å². The van der Waals surface area contributed by atoms with Crippen LogP contribution in [0.15, 0.2) is 0 Å². The van der Waals surface area contributed by atoms with Gasteiger partial charge in [0, 0.05) is 0 Å². The Kier molecular flexibility index (Phi) is 4.61. The SMILES string of the molecule is CC#CCC(=O)C(O)(CC)CC. The van der Waals surface area contributed by atoms with Crippen molar-refractivity contribution >= 4 is 5.78 Å². The van der Waals surface area contributed by atoms with Gasteiger partial charge in [-0.05, 0) is 19.8 Å². The minimum Gasteiger partial charge on any atom is -0.382 e. The molecule has 0 aromatic rings. The number of hydrogen-bond acceptors (Lipinski definition) is 2. The molecule has 0 aliphatic rings. The highest BCUT2D eigenvalue weighted by Gasteiger charge is 2.30. The first-order valence-electron chi connectivity index (χ1n) is 4.26. The molecule has 0 aliphatic heterocycles. The van der Waals surface area contributed by atoms with Crippen LogP contribution in [-0.2, 0) is 4.79 Å². The summed E-state index contributed by atoms with van der Waals surface area (Å²) in [6.07, 6.45) is 1.09. The lowest BCUT2D eigenvalue weighted by atomic mass is 9.91. The highest BCUT2D eigenvalue weighted by atomic mass is 16.3. The van der Waals surface area contributed by atoms with Crippen LogP contribution in [0.5, 0.6) is 0 Å². The van der Waals surface area contributed by atoms with Gasteiger partial charge in [-0.2, -0.15) is 0 Å². The Morgan fingerprint density at radius 1 is 1.42 bits per heavy atom. The molecule has 0 aliphatic carbocycles. The standard InChI is InChI=1S/C10H16O2/c1-4-7-8-9(11)10(12,5-2)6-3/h12H,5-6,8H2,1-3H3. The van der Waals surface area contributed by atoms with Crippen LogP contribution in [-0.4, -0.2) is 16.5 Å². The fourth-order valence-electron chi connectivity index (χ4n) is 0.978. The molecule has 0 aromatic carbocycles. The molecule has 2 nitrogen and oxygen atoms in total. The van der Waals surface area contributed by atoms with E-state index in [4.69, 9.17) is 0 Å². The zero-order valence-electron chi connectivity index (χ0n) is 7.98. The Hall–Kier alpha value is -0.810. The number of carbonyl (C=O) groups is 1. The van der Waals surface area contributed by atoms with E-state index in [1.807, 2.05) is 0 Å². The van der Waals surface area contributed by atoms with Crippen LogP contribution in [0.25, 0.3) is 0 Å². The van der Waals surface area contributed by atoms with E-state index in [2.05, 4.69) is 11.8 Å². The Balaban J connectivity index is 4.28. The van der Waals surface area contributed by atoms with Crippen molar-refractivity contribution < 1.29 is 9.90 Å². The molecule has 0 saturated carbocycles. The van der Waals surface area contributed by atoms with E-state index in [1.54, 1.807) is 20.8 Å². The topological polar surface area (TPSA) is 37.3 Å². The van der Waals surface area contributed by atoms with E-state index in [0.717, 1.165) is 0 Å². The summed E-state index contributed by atoms with van der Waals surface area (Å²) in [7, 11) is 0. The monoisotopic (exact) mass is 168 g/mol. The minimum absolute atomic E-state index is 0.161. The molecule has 12 heavy (non-hydrogen) atoms. The maximum Gasteiger partial charge on any atom is 0.176 e. The number of aliphatic hydroxyl groups is 1. The first-order valence-corrected chi connectivity index (χ1v) is 4.26. The van der Waals surface area contributed by atoms with Crippen molar-refractivity contribution in [3.63, 3.8) is 0 Å². The lowest BCUT2D eigenvalue weighted by Crippen LogP contribution is -2.36. The predicted octanol–water partition coefficient (Wildman–Crippen LogP) is 1.52. The molecule has 0 radical (unpaired) electrons. The average molecular weight is 168 g/mol. The molecule has 0 unspecified atom stereocenters. The number of carbonyl (C=O) groups excluding carboxylic acids is 1. The third kappa shape index (κ3) is 2.67. The third-order valence-corrected chi connectivity index (χ3v) is 2.11. The molecule has 2 heteroatoms. The molecule has 0 heterocycles. The van der Waals surface area contributed by atoms with Gasteiger partial charge in [0.2, 0.25) is 0 Å². The summed E-state index contributed by atoms with van der Waals surface area (Å²) in [4.78, 5) is 11.3. The molecule has 0 rings (SSSR count). The maximum absolute atomic E-state index is 11.3. The van der Waals surface area contributed by atoms with E-state index in [1.165, 1.54) is 0 Å². The fraction of sp³-hybridized carbons (Fsp3) is 0.700. The van der Waals surface area contributed by atoms with Gasteiger partial charge in [-0.1, -0.05) is 19.8 Å². The molecule has 0 saturated heterocycles. The number of rotatable bonds is 4. The van der Waals surface area contributed by atoms with Gasteiger partial charge < -0.3 is 5.11 Å².